The molecule has 0 aromatic carbocycles. The van der Waals surface area contributed by atoms with Crippen LogP contribution >= 0.6 is 0 Å². The van der Waals surface area contributed by atoms with Crippen molar-refractivity contribution in [1.82, 2.24) is 20.4 Å². The lowest BCUT2D eigenvalue weighted by atomic mass is 10.2. The van der Waals surface area contributed by atoms with E-state index in [0.29, 0.717) is 18.6 Å². The molecule has 0 aliphatic carbocycles. The lowest BCUT2D eigenvalue weighted by molar-refractivity contribution is -0.130. The summed E-state index contributed by atoms with van der Waals surface area (Å²) >= 11 is 0. The van der Waals surface area contributed by atoms with Gasteiger partial charge in [0.2, 0.25) is 0 Å². The largest absolute Gasteiger partial charge is 0.368 e. The molecule has 1 atom stereocenters. The first-order valence-corrected chi connectivity index (χ1v) is 7.90. The van der Waals surface area contributed by atoms with Crippen LogP contribution in [0.3, 0.4) is 0 Å². The molecule has 7 heteroatoms. The second-order valence-corrected chi connectivity index (χ2v) is 5.75. The van der Waals surface area contributed by atoms with Gasteiger partial charge >= 0.3 is 0 Å². The number of nitrogens with one attached hydrogen (secondary N) is 2. The molecule has 0 bridgehead atoms. The van der Waals surface area contributed by atoms with Crippen LogP contribution in [-0.4, -0.2) is 34.1 Å². The molecule has 0 radical (unpaired) electrons. The van der Waals surface area contributed by atoms with Crippen molar-refractivity contribution in [2.75, 3.05) is 6.61 Å². The van der Waals surface area contributed by atoms with Gasteiger partial charge in [0.1, 0.15) is 11.9 Å². The fourth-order valence-corrected chi connectivity index (χ4v) is 2.88. The second-order valence-electron chi connectivity index (χ2n) is 5.75. The molecule has 1 fully saturated rings. The highest BCUT2D eigenvalue weighted by molar-refractivity contribution is 5.97. The van der Waals surface area contributed by atoms with Crippen molar-refractivity contribution in [3.63, 3.8) is 0 Å². The Morgan fingerprint density at radius 1 is 1.29 bits per heavy atom. The number of aromatic nitrogens is 2. The molecule has 24 heavy (non-hydrogen) atoms. The zero-order chi connectivity index (χ0) is 17.1. The first-order valence-electron chi connectivity index (χ1n) is 7.90. The van der Waals surface area contributed by atoms with Crippen molar-refractivity contribution < 1.29 is 14.3 Å². The predicted molar refractivity (Wildman–Crippen MR) is 87.6 cm³/mol. The number of amides is 2. The van der Waals surface area contributed by atoms with Crippen LogP contribution in [0, 0.1) is 13.8 Å². The van der Waals surface area contributed by atoms with Crippen LogP contribution in [-0.2, 0) is 9.53 Å². The maximum absolute atomic E-state index is 12.4. The average Bonchev–Trinajstić information content (AvgIpc) is 3.21. The smallest absolute Gasteiger partial charge is 0.271 e. The maximum Gasteiger partial charge on any atom is 0.271 e. The van der Waals surface area contributed by atoms with Crippen LogP contribution in [0.5, 0.6) is 0 Å². The standard InChI is InChI=1S/C17H20N4O3/c1-11-10-13(12(2)21(11)15-7-3-4-8-18-15)16(22)19-20-17(23)14-6-5-9-24-14/h3-4,7-8,10,14H,5-6,9H2,1-2H3,(H,19,22)(H,20,23)/t14-/m1/s1. The van der Waals surface area contributed by atoms with Gasteiger partial charge in [0.05, 0.1) is 5.56 Å². The van der Waals surface area contributed by atoms with Crippen molar-refractivity contribution in [3.05, 3.63) is 47.4 Å². The molecule has 2 aromatic rings. The monoisotopic (exact) mass is 328 g/mol. The summed E-state index contributed by atoms with van der Waals surface area (Å²) in [6.45, 7) is 4.33. The number of nitrogens with zero attached hydrogens (tertiary/aromatic N) is 2. The third-order valence-electron chi connectivity index (χ3n) is 4.08. The Labute approximate surface area is 140 Å². The van der Waals surface area contributed by atoms with Crippen molar-refractivity contribution in [1.29, 1.82) is 0 Å². The van der Waals surface area contributed by atoms with Crippen molar-refractivity contribution in [3.8, 4) is 5.82 Å². The zero-order valence-corrected chi connectivity index (χ0v) is 13.7. The Bertz CT molecular complexity index is 749. The molecule has 1 aliphatic rings. The fourth-order valence-electron chi connectivity index (χ4n) is 2.88. The van der Waals surface area contributed by atoms with E-state index >= 15 is 0 Å². The molecule has 2 N–H and O–H groups in total. The quantitative estimate of drug-likeness (QED) is 0.835. The lowest BCUT2D eigenvalue weighted by Gasteiger charge is -2.12. The molecule has 0 unspecified atom stereocenters. The molecule has 0 spiro atoms. The minimum Gasteiger partial charge on any atom is -0.368 e. The Morgan fingerprint density at radius 3 is 2.79 bits per heavy atom. The number of aryl methyl sites for hydroxylation is 1. The number of ether oxygens (including phenoxy) is 1. The van der Waals surface area contributed by atoms with E-state index in [-0.39, 0.29) is 11.8 Å². The van der Waals surface area contributed by atoms with Crippen molar-refractivity contribution in [2.24, 2.45) is 0 Å². The third-order valence-corrected chi connectivity index (χ3v) is 4.08. The second kappa shape index (κ2) is 6.84. The van der Waals surface area contributed by atoms with E-state index in [1.165, 1.54) is 0 Å². The Hall–Kier alpha value is -2.67. The highest BCUT2D eigenvalue weighted by atomic mass is 16.5. The van der Waals surface area contributed by atoms with E-state index in [1.54, 1.807) is 12.3 Å². The topological polar surface area (TPSA) is 85.3 Å². The van der Waals surface area contributed by atoms with Gasteiger partial charge in [-0.25, -0.2) is 4.98 Å². The number of pyridine rings is 1. The van der Waals surface area contributed by atoms with Gasteiger partial charge in [0.25, 0.3) is 11.8 Å². The predicted octanol–water partition coefficient (Wildman–Crippen LogP) is 1.43. The number of hydrogen-bond donors (Lipinski definition) is 2. The van der Waals surface area contributed by atoms with E-state index < -0.39 is 6.10 Å². The van der Waals surface area contributed by atoms with Crippen LogP contribution < -0.4 is 10.9 Å². The van der Waals surface area contributed by atoms with Crippen molar-refractivity contribution >= 4 is 11.8 Å². The Kier molecular flexibility index (Phi) is 4.61. The molecule has 2 amide bonds. The van der Waals surface area contributed by atoms with E-state index in [4.69, 9.17) is 4.74 Å². The highest BCUT2D eigenvalue weighted by Gasteiger charge is 2.24. The molecule has 126 valence electrons. The van der Waals surface area contributed by atoms with Gasteiger partial charge in [-0.3, -0.25) is 20.4 Å². The first kappa shape index (κ1) is 16.2. The zero-order valence-electron chi connectivity index (χ0n) is 13.7. The molecule has 3 heterocycles. The van der Waals surface area contributed by atoms with Gasteiger partial charge in [-0.05, 0) is 44.9 Å². The first-order chi connectivity index (χ1) is 11.6. The van der Waals surface area contributed by atoms with Gasteiger partial charge in [0, 0.05) is 24.2 Å². The molecular weight excluding hydrogens is 308 g/mol. The van der Waals surface area contributed by atoms with Crippen LogP contribution in [0.1, 0.15) is 34.6 Å². The molecule has 3 rings (SSSR count). The SMILES string of the molecule is Cc1cc(C(=O)NNC(=O)[C@H]2CCCO2)c(C)n1-c1ccccn1. The highest BCUT2D eigenvalue weighted by Crippen LogP contribution is 2.19. The van der Waals surface area contributed by atoms with E-state index in [9.17, 15) is 9.59 Å². The van der Waals surface area contributed by atoms with Gasteiger partial charge < -0.3 is 9.30 Å². The summed E-state index contributed by atoms with van der Waals surface area (Å²) in [6.07, 6.45) is 2.76. The molecule has 0 saturated carbocycles. The Balaban J connectivity index is 1.73. The molecule has 1 aliphatic heterocycles. The summed E-state index contributed by atoms with van der Waals surface area (Å²) in [5, 5.41) is 0. The lowest BCUT2D eigenvalue weighted by Crippen LogP contribution is -2.46. The fraction of sp³-hybridized carbons (Fsp3) is 0.353. The van der Waals surface area contributed by atoms with Gasteiger partial charge in [-0.1, -0.05) is 6.07 Å². The third kappa shape index (κ3) is 3.16. The maximum atomic E-state index is 12.4. The van der Waals surface area contributed by atoms with Crippen LogP contribution in [0.25, 0.3) is 5.82 Å². The summed E-state index contributed by atoms with van der Waals surface area (Å²) in [4.78, 5) is 28.6. The number of carbonyl (C=O) groups excluding carboxylic acids is 2. The minimum absolute atomic E-state index is 0.320. The average molecular weight is 328 g/mol. The Morgan fingerprint density at radius 2 is 2.12 bits per heavy atom. The van der Waals surface area contributed by atoms with Gasteiger partial charge in [0.15, 0.2) is 0 Å². The number of carbonyl (C=O) groups is 2. The minimum atomic E-state index is -0.480. The normalized spacial score (nSPS) is 16.8. The van der Waals surface area contributed by atoms with E-state index in [1.807, 2.05) is 36.6 Å². The molecule has 7 nitrogen and oxygen atoms in total. The summed E-state index contributed by atoms with van der Waals surface area (Å²) in [5.41, 5.74) is 7.03. The number of hydrazine groups is 1. The number of rotatable bonds is 3. The van der Waals surface area contributed by atoms with E-state index in [2.05, 4.69) is 15.8 Å². The number of hydrogen-bond acceptors (Lipinski definition) is 4. The van der Waals surface area contributed by atoms with Crippen LogP contribution in [0.15, 0.2) is 30.5 Å². The molecule has 1 saturated heterocycles. The summed E-state index contributed by atoms with van der Waals surface area (Å²) in [5.74, 6) is 0.0611. The summed E-state index contributed by atoms with van der Waals surface area (Å²) in [7, 11) is 0. The molecule has 2 aromatic heterocycles. The van der Waals surface area contributed by atoms with Gasteiger partial charge in [-0.2, -0.15) is 0 Å². The van der Waals surface area contributed by atoms with Gasteiger partial charge in [-0.15, -0.1) is 0 Å². The molecular formula is C17H20N4O3. The van der Waals surface area contributed by atoms with Crippen LogP contribution in [0.2, 0.25) is 0 Å². The summed E-state index contributed by atoms with van der Waals surface area (Å²) < 4.78 is 7.18. The van der Waals surface area contributed by atoms with Crippen molar-refractivity contribution in [2.45, 2.75) is 32.8 Å². The van der Waals surface area contributed by atoms with E-state index in [0.717, 1.165) is 23.6 Å². The summed E-state index contributed by atoms with van der Waals surface area (Å²) in [6, 6.07) is 7.38. The van der Waals surface area contributed by atoms with Crippen LogP contribution in [0.4, 0.5) is 0 Å².